The number of nitrogens with two attached hydrogens (primary N) is 1. The molecule has 13 heteroatoms. The number of rotatable bonds is 6. The number of aliphatic hydroxyl groups is 4. The van der Waals surface area contributed by atoms with Gasteiger partial charge in [-0.15, -0.1) is 0 Å². The van der Waals surface area contributed by atoms with Crippen molar-refractivity contribution in [2.24, 2.45) is 5.73 Å². The van der Waals surface area contributed by atoms with Crippen molar-refractivity contribution in [2.45, 2.75) is 36.7 Å². The van der Waals surface area contributed by atoms with E-state index in [1.165, 1.54) is 12.7 Å². The molecule has 1 unspecified atom stereocenters. The lowest BCUT2D eigenvalue weighted by Crippen LogP contribution is -2.68. The van der Waals surface area contributed by atoms with E-state index in [9.17, 15) is 25.2 Å². The molecule has 3 heterocycles. The standard InChI is InChI=1S/C14H21N7O6/c15-1-6(24)20-7-9(25)10(26)14(27-11(7)5(23)2-22)21-13-8-12(17-3-16-8)18-4-19-13/h3-5,7,9-11,14,22-23,25-26H,1-2,15H2,(H,20,24)(H2,16,17,18,19,21)/t5?,7-,9-,10-,11+,14+/m1/s1. The van der Waals surface area contributed by atoms with E-state index in [0.29, 0.717) is 11.2 Å². The van der Waals surface area contributed by atoms with Crippen molar-refractivity contribution in [3.63, 3.8) is 0 Å². The molecule has 9 N–H and O–H groups in total. The van der Waals surface area contributed by atoms with Crippen LogP contribution in [0.2, 0.25) is 0 Å². The van der Waals surface area contributed by atoms with Gasteiger partial charge in [-0.1, -0.05) is 0 Å². The zero-order valence-corrected chi connectivity index (χ0v) is 14.1. The smallest absolute Gasteiger partial charge is 0.234 e. The SMILES string of the molecule is NCC(=O)N[C@@H]1[C@@H](O)[C@@H](O)[C@@H](Nc2ncnc3nc[nH]c23)O[C@H]1C(O)CO. The lowest BCUT2D eigenvalue weighted by Gasteiger charge is -2.44. The van der Waals surface area contributed by atoms with Gasteiger partial charge in [-0.05, 0) is 0 Å². The van der Waals surface area contributed by atoms with E-state index in [1.807, 2.05) is 0 Å². The number of hydrogen-bond donors (Lipinski definition) is 8. The van der Waals surface area contributed by atoms with Gasteiger partial charge in [0.15, 0.2) is 17.7 Å². The third-order valence-corrected chi connectivity index (χ3v) is 4.27. The van der Waals surface area contributed by atoms with Crippen molar-refractivity contribution in [3.8, 4) is 0 Å². The van der Waals surface area contributed by atoms with E-state index in [4.69, 9.17) is 10.5 Å². The lowest BCUT2D eigenvalue weighted by atomic mass is 9.92. The minimum absolute atomic E-state index is 0.246. The maximum Gasteiger partial charge on any atom is 0.234 e. The van der Waals surface area contributed by atoms with Crippen LogP contribution in [0, 0.1) is 0 Å². The number of carbonyl (C=O) groups excluding carboxylic acids is 1. The van der Waals surface area contributed by atoms with Gasteiger partial charge in [0.2, 0.25) is 5.91 Å². The van der Waals surface area contributed by atoms with Gasteiger partial charge >= 0.3 is 0 Å². The number of aliphatic hydroxyl groups excluding tert-OH is 4. The predicted octanol–water partition coefficient (Wildman–Crippen LogP) is -3.99. The maximum atomic E-state index is 11.6. The molecule has 0 aromatic carbocycles. The number of nitrogens with one attached hydrogen (secondary N) is 3. The van der Waals surface area contributed by atoms with Crippen LogP contribution in [0.25, 0.3) is 11.2 Å². The molecule has 0 spiro atoms. The van der Waals surface area contributed by atoms with E-state index in [1.54, 1.807) is 0 Å². The van der Waals surface area contributed by atoms with Crippen LogP contribution in [-0.4, -0.2) is 96.1 Å². The molecule has 27 heavy (non-hydrogen) atoms. The van der Waals surface area contributed by atoms with Crippen molar-refractivity contribution < 1.29 is 30.0 Å². The Bertz CT molecular complexity index is 788. The van der Waals surface area contributed by atoms with Crippen LogP contribution in [-0.2, 0) is 9.53 Å². The van der Waals surface area contributed by atoms with Gasteiger partial charge in [0.25, 0.3) is 0 Å². The fourth-order valence-corrected chi connectivity index (χ4v) is 2.90. The first kappa shape index (κ1) is 19.3. The quantitative estimate of drug-likeness (QED) is 0.241. The second-order valence-corrected chi connectivity index (χ2v) is 6.02. The fraction of sp³-hybridized carbons (Fsp3) is 0.571. The molecule has 13 nitrogen and oxygen atoms in total. The first-order valence-corrected chi connectivity index (χ1v) is 8.16. The molecule has 0 aliphatic carbocycles. The first-order valence-electron chi connectivity index (χ1n) is 8.16. The predicted molar refractivity (Wildman–Crippen MR) is 90.1 cm³/mol. The largest absolute Gasteiger partial charge is 0.394 e. The van der Waals surface area contributed by atoms with Crippen LogP contribution in [0.4, 0.5) is 5.82 Å². The molecule has 2 aromatic heterocycles. The summed E-state index contributed by atoms with van der Waals surface area (Å²) in [6, 6.07) is -1.19. The Hall–Kier alpha value is -2.42. The van der Waals surface area contributed by atoms with Crippen molar-refractivity contribution >= 4 is 22.9 Å². The topological polar surface area (TPSA) is 212 Å². The molecule has 1 aliphatic heterocycles. The number of ether oxygens (including phenoxy) is 1. The molecule has 0 saturated carbocycles. The Labute approximate surface area is 152 Å². The third-order valence-electron chi connectivity index (χ3n) is 4.27. The van der Waals surface area contributed by atoms with E-state index in [2.05, 4.69) is 30.6 Å². The minimum Gasteiger partial charge on any atom is -0.394 e. The number of aromatic amines is 1. The van der Waals surface area contributed by atoms with Gasteiger partial charge in [0.05, 0.1) is 25.5 Å². The molecule has 148 valence electrons. The van der Waals surface area contributed by atoms with Gasteiger partial charge in [-0.3, -0.25) is 4.79 Å². The number of H-pyrrole nitrogens is 1. The van der Waals surface area contributed by atoms with Crippen molar-refractivity contribution in [3.05, 3.63) is 12.7 Å². The van der Waals surface area contributed by atoms with Crippen molar-refractivity contribution in [1.82, 2.24) is 25.3 Å². The lowest BCUT2D eigenvalue weighted by molar-refractivity contribution is -0.204. The highest BCUT2D eigenvalue weighted by Gasteiger charge is 2.47. The van der Waals surface area contributed by atoms with E-state index >= 15 is 0 Å². The normalized spacial score (nSPS) is 29.4. The third kappa shape index (κ3) is 3.83. The van der Waals surface area contributed by atoms with Crippen LogP contribution in [0.15, 0.2) is 12.7 Å². The number of hydrogen-bond acceptors (Lipinski definition) is 11. The van der Waals surface area contributed by atoms with Crippen molar-refractivity contribution in [1.29, 1.82) is 0 Å². The average Bonchev–Trinajstić information content (AvgIpc) is 3.16. The monoisotopic (exact) mass is 383 g/mol. The summed E-state index contributed by atoms with van der Waals surface area (Å²) in [5, 5.41) is 45.4. The van der Waals surface area contributed by atoms with Crippen molar-refractivity contribution in [2.75, 3.05) is 18.5 Å². The number of carbonyl (C=O) groups is 1. The minimum atomic E-state index is -1.52. The molecule has 3 rings (SSSR count). The van der Waals surface area contributed by atoms with Gasteiger partial charge in [0, 0.05) is 0 Å². The summed E-state index contributed by atoms with van der Waals surface area (Å²) in [6.07, 6.45) is -4.22. The zero-order chi connectivity index (χ0) is 19.6. The highest BCUT2D eigenvalue weighted by Crippen LogP contribution is 2.26. The molecule has 1 saturated heterocycles. The van der Waals surface area contributed by atoms with Gasteiger partial charge in [-0.2, -0.15) is 0 Å². The fourth-order valence-electron chi connectivity index (χ4n) is 2.90. The molecule has 0 bridgehead atoms. The molecular formula is C14H21N7O6. The van der Waals surface area contributed by atoms with Crippen LogP contribution < -0.4 is 16.4 Å². The Morgan fingerprint density at radius 3 is 2.81 bits per heavy atom. The summed E-state index contributed by atoms with van der Waals surface area (Å²) in [4.78, 5) is 26.4. The van der Waals surface area contributed by atoms with Crippen LogP contribution in [0.1, 0.15) is 0 Å². The van der Waals surface area contributed by atoms with Gasteiger partial charge in [0.1, 0.15) is 36.3 Å². The molecule has 1 aliphatic rings. The summed E-state index contributed by atoms with van der Waals surface area (Å²) in [6.45, 7) is -1.05. The number of anilines is 1. The molecule has 0 radical (unpaired) electrons. The number of imidazole rings is 1. The zero-order valence-electron chi connectivity index (χ0n) is 14.1. The Balaban J connectivity index is 1.84. The molecule has 6 atom stereocenters. The number of nitrogens with zero attached hydrogens (tertiary/aromatic N) is 3. The molecule has 2 aromatic rings. The second-order valence-electron chi connectivity index (χ2n) is 6.02. The second kappa shape index (κ2) is 8.08. The average molecular weight is 383 g/mol. The number of aromatic nitrogens is 4. The molecule has 1 amide bonds. The highest BCUT2D eigenvalue weighted by molar-refractivity contribution is 5.82. The number of fused-ring (bicyclic) bond motifs is 1. The van der Waals surface area contributed by atoms with Crippen LogP contribution in [0.5, 0.6) is 0 Å². The summed E-state index contributed by atoms with van der Waals surface area (Å²) in [5.41, 5.74) is 6.07. The van der Waals surface area contributed by atoms with Gasteiger partial charge < -0.3 is 46.5 Å². The highest BCUT2D eigenvalue weighted by atomic mass is 16.5. The maximum absolute atomic E-state index is 11.6. The van der Waals surface area contributed by atoms with Crippen LogP contribution >= 0.6 is 0 Å². The molecule has 1 fully saturated rings. The molecular weight excluding hydrogens is 362 g/mol. The van der Waals surface area contributed by atoms with Crippen LogP contribution in [0.3, 0.4) is 0 Å². The van der Waals surface area contributed by atoms with E-state index < -0.39 is 49.2 Å². The number of amides is 1. The summed E-state index contributed by atoms with van der Waals surface area (Å²) in [5.74, 6) is -0.373. The summed E-state index contributed by atoms with van der Waals surface area (Å²) < 4.78 is 5.63. The van der Waals surface area contributed by atoms with E-state index in [0.717, 1.165) is 0 Å². The first-order chi connectivity index (χ1) is 13.0. The summed E-state index contributed by atoms with van der Waals surface area (Å²) >= 11 is 0. The van der Waals surface area contributed by atoms with Gasteiger partial charge in [-0.25, -0.2) is 15.0 Å². The van der Waals surface area contributed by atoms with E-state index in [-0.39, 0.29) is 12.4 Å². The Kier molecular flexibility index (Phi) is 5.79. The Morgan fingerprint density at radius 1 is 1.33 bits per heavy atom. The summed E-state index contributed by atoms with van der Waals surface area (Å²) in [7, 11) is 0. The Morgan fingerprint density at radius 2 is 2.11 bits per heavy atom.